The zero-order valence-electron chi connectivity index (χ0n) is 13.7. The third-order valence-electron chi connectivity index (χ3n) is 4.20. The number of rotatable bonds is 4. The number of carbonyl (C=O) groups is 1. The molecule has 1 aromatic heterocycles. The van der Waals surface area contributed by atoms with Crippen LogP contribution in [0.5, 0.6) is 0 Å². The summed E-state index contributed by atoms with van der Waals surface area (Å²) in [5.41, 5.74) is 1.91. The number of ketones is 1. The van der Waals surface area contributed by atoms with E-state index in [9.17, 15) is 18.0 Å². The number of aromatic nitrogens is 1. The van der Waals surface area contributed by atoms with Crippen LogP contribution in [0.25, 0.3) is 10.9 Å². The van der Waals surface area contributed by atoms with Gasteiger partial charge in [0.05, 0.1) is 21.1 Å². The minimum Gasteiger partial charge on any atom is -0.342 e. The average Bonchev–Trinajstić information content (AvgIpc) is 2.95. The highest BCUT2D eigenvalue weighted by atomic mass is 35.5. The van der Waals surface area contributed by atoms with E-state index < -0.39 is 12.0 Å². The minimum absolute atomic E-state index is 0.273. The molecule has 0 radical (unpaired) electrons. The molecule has 26 heavy (non-hydrogen) atoms. The fraction of sp³-hybridized carbons (Fsp3) is 0.211. The lowest BCUT2D eigenvalue weighted by Crippen LogP contribution is -2.22. The van der Waals surface area contributed by atoms with Crippen molar-refractivity contribution in [3.8, 4) is 0 Å². The monoisotopic (exact) mass is 399 g/mol. The second-order valence-corrected chi connectivity index (χ2v) is 6.73. The number of benzene rings is 2. The quantitative estimate of drug-likeness (QED) is 0.471. The second-order valence-electron chi connectivity index (χ2n) is 5.91. The van der Waals surface area contributed by atoms with Crippen LogP contribution in [0.15, 0.2) is 42.6 Å². The van der Waals surface area contributed by atoms with Crippen LogP contribution in [0.3, 0.4) is 0 Å². The Hall–Kier alpha value is -1.98. The first kappa shape index (κ1) is 18.8. The van der Waals surface area contributed by atoms with Gasteiger partial charge in [-0.15, -0.1) is 0 Å². The highest BCUT2D eigenvalue weighted by Gasteiger charge is 2.41. The fourth-order valence-electron chi connectivity index (χ4n) is 3.02. The van der Waals surface area contributed by atoms with Crippen LogP contribution in [-0.2, 0) is 13.0 Å². The Morgan fingerprint density at radius 2 is 1.85 bits per heavy atom. The van der Waals surface area contributed by atoms with Crippen LogP contribution < -0.4 is 0 Å². The molecule has 0 atom stereocenters. The highest BCUT2D eigenvalue weighted by Crippen LogP contribution is 2.31. The van der Waals surface area contributed by atoms with Gasteiger partial charge in [-0.1, -0.05) is 54.4 Å². The molecule has 1 heterocycles. The Bertz CT molecular complexity index is 992. The van der Waals surface area contributed by atoms with Crippen LogP contribution in [-0.4, -0.2) is 16.5 Å². The summed E-state index contributed by atoms with van der Waals surface area (Å²) >= 11 is 11.9. The van der Waals surface area contributed by atoms with Crippen LogP contribution in [0.1, 0.15) is 28.4 Å². The zero-order chi connectivity index (χ0) is 19.1. The fourth-order valence-corrected chi connectivity index (χ4v) is 3.34. The number of para-hydroxylation sites is 1. The molecule has 2 aromatic carbocycles. The molecule has 0 aliphatic heterocycles. The number of halogens is 5. The molecule has 0 amide bonds. The molecule has 7 heteroatoms. The molecule has 2 nitrogen and oxygen atoms in total. The third-order valence-corrected chi connectivity index (χ3v) is 4.94. The molecule has 3 aromatic rings. The number of hydrogen-bond acceptors (Lipinski definition) is 1. The van der Waals surface area contributed by atoms with Crippen molar-refractivity contribution >= 4 is 39.9 Å². The first-order chi connectivity index (χ1) is 12.2. The summed E-state index contributed by atoms with van der Waals surface area (Å²) in [5.74, 6) is -1.84. The maximum Gasteiger partial charge on any atom is 0.454 e. The highest BCUT2D eigenvalue weighted by molar-refractivity contribution is 6.42. The van der Waals surface area contributed by atoms with E-state index in [-0.39, 0.29) is 12.1 Å². The standard InChI is InChI=1S/C19H14Cl2F3NO/c1-2-12-4-3-5-13-14(18(26)19(22,23)24)10-25(17(12)13)9-11-6-7-15(20)16(21)8-11/h3-8,10H,2,9H2,1H3. The largest absolute Gasteiger partial charge is 0.454 e. The number of nitrogens with zero attached hydrogens (tertiary/aromatic N) is 1. The van der Waals surface area contributed by atoms with Crippen LogP contribution in [0.4, 0.5) is 13.2 Å². The number of aryl methyl sites for hydroxylation is 1. The normalized spacial score (nSPS) is 11.9. The van der Waals surface area contributed by atoms with Gasteiger partial charge in [-0.3, -0.25) is 4.79 Å². The molecule has 0 N–H and O–H groups in total. The lowest BCUT2D eigenvalue weighted by Gasteiger charge is -2.09. The molecule has 0 aliphatic carbocycles. The molecule has 0 unspecified atom stereocenters. The Morgan fingerprint density at radius 1 is 1.12 bits per heavy atom. The van der Waals surface area contributed by atoms with Crippen molar-refractivity contribution < 1.29 is 18.0 Å². The average molecular weight is 400 g/mol. The van der Waals surface area contributed by atoms with E-state index in [0.717, 1.165) is 11.1 Å². The van der Waals surface area contributed by atoms with Gasteiger partial charge in [-0.25, -0.2) is 0 Å². The van der Waals surface area contributed by atoms with E-state index in [4.69, 9.17) is 23.2 Å². The number of Topliss-reactive ketones (excluding diaryl/α,β-unsaturated/α-hetero) is 1. The lowest BCUT2D eigenvalue weighted by molar-refractivity contribution is -0.0884. The van der Waals surface area contributed by atoms with E-state index in [1.54, 1.807) is 34.9 Å². The van der Waals surface area contributed by atoms with Gasteiger partial charge in [0.2, 0.25) is 0 Å². The summed E-state index contributed by atoms with van der Waals surface area (Å²) < 4.78 is 40.6. The Morgan fingerprint density at radius 3 is 2.46 bits per heavy atom. The Balaban J connectivity index is 2.18. The van der Waals surface area contributed by atoms with Crippen molar-refractivity contribution in [3.63, 3.8) is 0 Å². The van der Waals surface area contributed by atoms with Crippen molar-refractivity contribution in [1.29, 1.82) is 0 Å². The van der Waals surface area contributed by atoms with Gasteiger partial charge in [-0.2, -0.15) is 13.2 Å². The van der Waals surface area contributed by atoms with Gasteiger partial charge < -0.3 is 4.57 Å². The van der Waals surface area contributed by atoms with Gasteiger partial charge in [0.15, 0.2) is 0 Å². The Kier molecular flexibility index (Phi) is 5.04. The minimum atomic E-state index is -4.93. The topological polar surface area (TPSA) is 22.0 Å². The van der Waals surface area contributed by atoms with E-state index in [2.05, 4.69) is 0 Å². The molecular formula is C19H14Cl2F3NO. The van der Waals surface area contributed by atoms with E-state index in [0.29, 0.717) is 27.4 Å². The van der Waals surface area contributed by atoms with Crippen molar-refractivity contribution in [2.75, 3.05) is 0 Å². The predicted molar refractivity (Wildman–Crippen MR) is 97.3 cm³/mol. The number of fused-ring (bicyclic) bond motifs is 1. The third kappa shape index (κ3) is 3.46. The first-order valence-corrected chi connectivity index (χ1v) is 8.64. The summed E-state index contributed by atoms with van der Waals surface area (Å²) in [5, 5.41) is 1.06. The summed E-state index contributed by atoms with van der Waals surface area (Å²) in [4.78, 5) is 11.9. The molecule has 0 saturated carbocycles. The molecule has 136 valence electrons. The van der Waals surface area contributed by atoms with Gasteiger partial charge in [0.1, 0.15) is 0 Å². The van der Waals surface area contributed by atoms with Crippen LogP contribution >= 0.6 is 23.2 Å². The number of carbonyl (C=O) groups excluding carboxylic acids is 1. The van der Waals surface area contributed by atoms with Gasteiger partial charge in [-0.05, 0) is 29.7 Å². The number of alkyl halides is 3. The summed E-state index contributed by atoms with van der Waals surface area (Å²) in [6, 6.07) is 10.1. The molecule has 0 bridgehead atoms. The van der Waals surface area contributed by atoms with Crippen LogP contribution in [0, 0.1) is 0 Å². The van der Waals surface area contributed by atoms with Gasteiger partial charge >= 0.3 is 6.18 Å². The van der Waals surface area contributed by atoms with E-state index >= 15 is 0 Å². The van der Waals surface area contributed by atoms with Gasteiger partial charge in [0, 0.05) is 18.1 Å². The molecule has 0 spiro atoms. The molecule has 3 rings (SSSR count). The molecule has 0 saturated heterocycles. The smallest absolute Gasteiger partial charge is 0.342 e. The number of hydrogen-bond donors (Lipinski definition) is 0. The predicted octanol–water partition coefficient (Wildman–Crippen LogP) is 6.30. The lowest BCUT2D eigenvalue weighted by atomic mass is 10.0. The van der Waals surface area contributed by atoms with Crippen molar-refractivity contribution in [2.24, 2.45) is 0 Å². The summed E-state index contributed by atoms with van der Waals surface area (Å²) in [6.45, 7) is 2.19. The maximum atomic E-state index is 13.0. The molecular weight excluding hydrogens is 386 g/mol. The van der Waals surface area contributed by atoms with Crippen LogP contribution in [0.2, 0.25) is 10.0 Å². The first-order valence-electron chi connectivity index (χ1n) is 7.88. The molecule has 0 aliphatic rings. The van der Waals surface area contributed by atoms with Crippen molar-refractivity contribution in [1.82, 2.24) is 4.57 Å². The van der Waals surface area contributed by atoms with E-state index in [1.807, 2.05) is 13.0 Å². The summed E-state index contributed by atoms with van der Waals surface area (Å²) in [7, 11) is 0. The SMILES string of the molecule is CCc1cccc2c(C(=O)C(F)(F)F)cn(Cc3ccc(Cl)c(Cl)c3)c12. The zero-order valence-corrected chi connectivity index (χ0v) is 15.2. The van der Waals surface area contributed by atoms with Crippen molar-refractivity contribution in [2.45, 2.75) is 26.1 Å². The van der Waals surface area contributed by atoms with E-state index in [1.165, 1.54) is 6.20 Å². The van der Waals surface area contributed by atoms with Gasteiger partial charge in [0.25, 0.3) is 5.78 Å². The maximum absolute atomic E-state index is 13.0. The Labute approximate surface area is 158 Å². The summed E-state index contributed by atoms with van der Waals surface area (Å²) in [6.07, 6.45) is -3.03. The van der Waals surface area contributed by atoms with Crippen molar-refractivity contribution in [3.05, 3.63) is 69.3 Å². The second kappa shape index (κ2) is 6.97. The molecule has 0 fully saturated rings.